The zero-order valence-electron chi connectivity index (χ0n) is 11.9. The zero-order valence-corrected chi connectivity index (χ0v) is 14.2. The predicted octanol–water partition coefficient (Wildman–Crippen LogP) is 4.32. The van der Waals surface area contributed by atoms with Gasteiger partial charge in [-0.15, -0.1) is 0 Å². The van der Waals surface area contributed by atoms with Gasteiger partial charge in [0.05, 0.1) is 10.6 Å². The Bertz CT molecular complexity index is 763. The van der Waals surface area contributed by atoms with E-state index in [1.54, 1.807) is 24.3 Å². The molecular weight excluding hydrogens is 359 g/mol. The van der Waals surface area contributed by atoms with Crippen molar-refractivity contribution in [2.24, 2.45) is 5.73 Å². The number of anilines is 1. The van der Waals surface area contributed by atoms with Crippen LogP contribution in [0.25, 0.3) is 0 Å². The number of carbonyl (C=O) groups is 2. The Morgan fingerprint density at radius 2 is 1.74 bits per heavy atom. The fourth-order valence-corrected chi connectivity index (χ4v) is 2.77. The maximum atomic E-state index is 12.0. The van der Waals surface area contributed by atoms with E-state index < -0.39 is 5.91 Å². The quantitative estimate of drug-likeness (QED) is 0.821. The molecule has 7 heteroatoms. The smallest absolute Gasteiger partial charge is 0.250 e. The first-order valence-electron chi connectivity index (χ1n) is 6.70. The van der Waals surface area contributed by atoms with Crippen molar-refractivity contribution in [3.63, 3.8) is 0 Å². The van der Waals surface area contributed by atoms with Crippen LogP contribution in [0, 0.1) is 0 Å². The highest BCUT2D eigenvalue weighted by Gasteiger charge is 2.10. The summed E-state index contributed by atoms with van der Waals surface area (Å²) in [7, 11) is 0. The fourth-order valence-electron chi connectivity index (χ4n) is 1.99. The summed E-state index contributed by atoms with van der Waals surface area (Å²) in [6.45, 7) is 0. The fraction of sp³-hybridized carbons (Fsp3) is 0.125. The van der Waals surface area contributed by atoms with E-state index in [0.29, 0.717) is 22.2 Å². The highest BCUT2D eigenvalue weighted by molar-refractivity contribution is 6.35. The number of nitrogens with one attached hydrogen (secondary N) is 1. The normalized spacial score (nSPS) is 10.4. The molecule has 0 aromatic heterocycles. The highest BCUT2D eigenvalue weighted by atomic mass is 35.5. The van der Waals surface area contributed by atoms with Gasteiger partial charge in [-0.3, -0.25) is 9.59 Å². The summed E-state index contributed by atoms with van der Waals surface area (Å²) in [5.74, 6) is -0.816. The molecule has 0 aliphatic carbocycles. The second-order valence-electron chi connectivity index (χ2n) is 4.84. The molecule has 2 aromatic carbocycles. The van der Waals surface area contributed by atoms with E-state index in [-0.39, 0.29) is 22.9 Å². The van der Waals surface area contributed by atoms with Gasteiger partial charge in [-0.1, -0.05) is 40.9 Å². The number of nitrogens with two attached hydrogens (primary N) is 1. The molecule has 0 unspecified atom stereocenters. The van der Waals surface area contributed by atoms with Gasteiger partial charge in [0.25, 0.3) is 0 Å². The number of rotatable bonds is 5. The topological polar surface area (TPSA) is 72.2 Å². The number of carbonyl (C=O) groups excluding carboxylic acids is 2. The van der Waals surface area contributed by atoms with Gasteiger partial charge in [-0.05, 0) is 42.3 Å². The van der Waals surface area contributed by atoms with Crippen molar-refractivity contribution in [2.75, 3.05) is 5.32 Å². The average molecular weight is 372 g/mol. The third-order valence-corrected chi connectivity index (χ3v) is 4.05. The molecule has 0 atom stereocenters. The van der Waals surface area contributed by atoms with Gasteiger partial charge in [0.2, 0.25) is 11.8 Å². The van der Waals surface area contributed by atoms with E-state index >= 15 is 0 Å². The Morgan fingerprint density at radius 3 is 2.35 bits per heavy atom. The number of aryl methyl sites for hydroxylation is 1. The lowest BCUT2D eigenvalue weighted by Crippen LogP contribution is -2.14. The minimum Gasteiger partial charge on any atom is -0.366 e. The second kappa shape index (κ2) is 7.68. The summed E-state index contributed by atoms with van der Waals surface area (Å²) in [5, 5.41) is 3.97. The largest absolute Gasteiger partial charge is 0.366 e. The molecule has 0 saturated carbocycles. The summed E-state index contributed by atoms with van der Waals surface area (Å²) < 4.78 is 0. The first kappa shape index (κ1) is 17.6. The molecule has 2 rings (SSSR count). The molecule has 0 bridgehead atoms. The first-order valence-corrected chi connectivity index (χ1v) is 7.83. The number of hydrogen-bond acceptors (Lipinski definition) is 2. The molecule has 0 heterocycles. The van der Waals surface area contributed by atoms with Gasteiger partial charge >= 0.3 is 0 Å². The molecule has 0 fully saturated rings. The predicted molar refractivity (Wildman–Crippen MR) is 93.4 cm³/mol. The van der Waals surface area contributed by atoms with Crippen LogP contribution < -0.4 is 11.1 Å². The standard InChI is InChI=1S/C16H13Cl3N2O2/c17-10-3-1-9(13(18)7-10)2-6-15(22)21-11-4-5-12(16(20)23)14(19)8-11/h1,3-5,7-8H,2,6H2,(H2,20,23)(H,21,22). The molecule has 2 amide bonds. The lowest BCUT2D eigenvalue weighted by atomic mass is 10.1. The van der Waals surface area contributed by atoms with Crippen molar-refractivity contribution in [3.8, 4) is 0 Å². The SMILES string of the molecule is NC(=O)c1ccc(NC(=O)CCc2ccc(Cl)cc2Cl)cc1Cl. The van der Waals surface area contributed by atoms with Crippen LogP contribution in [-0.4, -0.2) is 11.8 Å². The van der Waals surface area contributed by atoms with E-state index in [1.807, 2.05) is 0 Å². The summed E-state index contributed by atoms with van der Waals surface area (Å²) in [6, 6.07) is 9.67. The van der Waals surface area contributed by atoms with Crippen LogP contribution in [0.1, 0.15) is 22.3 Å². The van der Waals surface area contributed by atoms with E-state index in [2.05, 4.69) is 5.32 Å². The third-order valence-electron chi connectivity index (χ3n) is 3.15. The maximum absolute atomic E-state index is 12.0. The molecule has 3 N–H and O–H groups in total. The van der Waals surface area contributed by atoms with Crippen LogP contribution in [0.15, 0.2) is 36.4 Å². The van der Waals surface area contributed by atoms with E-state index in [0.717, 1.165) is 5.56 Å². The van der Waals surface area contributed by atoms with Gasteiger partial charge in [0.15, 0.2) is 0 Å². The average Bonchev–Trinajstić information content (AvgIpc) is 2.46. The lowest BCUT2D eigenvalue weighted by Gasteiger charge is -2.08. The molecule has 0 aliphatic heterocycles. The molecule has 2 aromatic rings. The van der Waals surface area contributed by atoms with Gasteiger partial charge in [-0.2, -0.15) is 0 Å². The van der Waals surface area contributed by atoms with Gasteiger partial charge in [0.1, 0.15) is 0 Å². The van der Waals surface area contributed by atoms with Crippen LogP contribution >= 0.6 is 34.8 Å². The van der Waals surface area contributed by atoms with Gasteiger partial charge in [-0.25, -0.2) is 0 Å². The summed E-state index contributed by atoms with van der Waals surface area (Å²) >= 11 is 17.8. The van der Waals surface area contributed by atoms with Gasteiger partial charge in [0, 0.05) is 22.2 Å². The van der Waals surface area contributed by atoms with Gasteiger partial charge < -0.3 is 11.1 Å². The van der Waals surface area contributed by atoms with Crippen molar-refractivity contribution in [1.82, 2.24) is 0 Å². The molecule has 120 valence electrons. The maximum Gasteiger partial charge on any atom is 0.250 e. The van der Waals surface area contributed by atoms with Crippen LogP contribution in [0.2, 0.25) is 15.1 Å². The second-order valence-corrected chi connectivity index (χ2v) is 6.09. The monoisotopic (exact) mass is 370 g/mol. The van der Waals surface area contributed by atoms with Crippen molar-refractivity contribution < 1.29 is 9.59 Å². The molecule has 0 aliphatic rings. The van der Waals surface area contributed by atoms with E-state index in [1.165, 1.54) is 12.1 Å². The Hall–Kier alpha value is -1.75. The Morgan fingerprint density at radius 1 is 1.00 bits per heavy atom. The summed E-state index contributed by atoms with van der Waals surface area (Å²) in [4.78, 5) is 23.1. The molecule has 23 heavy (non-hydrogen) atoms. The van der Waals surface area contributed by atoms with Crippen LogP contribution in [-0.2, 0) is 11.2 Å². The van der Waals surface area contributed by atoms with Crippen LogP contribution in [0.5, 0.6) is 0 Å². The summed E-state index contributed by atoms with van der Waals surface area (Å²) in [5.41, 5.74) is 6.71. The number of halogens is 3. The zero-order chi connectivity index (χ0) is 17.0. The number of hydrogen-bond donors (Lipinski definition) is 2. The number of primary amides is 1. The molecule has 0 radical (unpaired) electrons. The number of benzene rings is 2. The van der Waals surface area contributed by atoms with E-state index in [9.17, 15) is 9.59 Å². The Labute approximate surface area is 148 Å². The van der Waals surface area contributed by atoms with Crippen molar-refractivity contribution in [3.05, 3.63) is 62.6 Å². The van der Waals surface area contributed by atoms with Crippen molar-refractivity contribution in [1.29, 1.82) is 0 Å². The van der Waals surface area contributed by atoms with Crippen LogP contribution in [0.4, 0.5) is 5.69 Å². The van der Waals surface area contributed by atoms with Crippen molar-refractivity contribution >= 4 is 52.3 Å². The summed E-state index contributed by atoms with van der Waals surface area (Å²) in [6.07, 6.45) is 0.728. The molecule has 0 spiro atoms. The first-order chi connectivity index (χ1) is 10.9. The minimum atomic E-state index is -0.620. The Kier molecular flexibility index (Phi) is 5.88. The Balaban J connectivity index is 1.97. The third kappa shape index (κ3) is 4.86. The molecular formula is C16H13Cl3N2O2. The van der Waals surface area contributed by atoms with Crippen LogP contribution in [0.3, 0.4) is 0 Å². The lowest BCUT2D eigenvalue weighted by molar-refractivity contribution is -0.116. The molecule has 0 saturated heterocycles. The minimum absolute atomic E-state index is 0.191. The highest BCUT2D eigenvalue weighted by Crippen LogP contribution is 2.23. The molecule has 4 nitrogen and oxygen atoms in total. The number of amides is 2. The van der Waals surface area contributed by atoms with Crippen molar-refractivity contribution in [2.45, 2.75) is 12.8 Å². The van der Waals surface area contributed by atoms with E-state index in [4.69, 9.17) is 40.5 Å².